The molecule has 0 saturated heterocycles. The number of aliphatic carboxylic acids is 1. The highest BCUT2D eigenvalue weighted by Crippen LogP contribution is 2.39. The SMILES string of the molecule is CC(C(=O)O)C1CCC(C2C=CC(NC(=O)C3=NN(C)C(Nc4ccc(F)c(F)c4)O3)=CC2)CC1. The van der Waals surface area contributed by atoms with Crippen LogP contribution in [0.3, 0.4) is 0 Å². The maximum atomic E-state index is 13.4. The van der Waals surface area contributed by atoms with E-state index in [1.54, 1.807) is 14.0 Å². The summed E-state index contributed by atoms with van der Waals surface area (Å²) in [5.41, 5.74) is 0.943. The van der Waals surface area contributed by atoms with Crippen LogP contribution in [0.25, 0.3) is 0 Å². The lowest BCUT2D eigenvalue weighted by molar-refractivity contribution is -0.143. The molecule has 3 unspecified atom stereocenters. The van der Waals surface area contributed by atoms with Crippen LogP contribution in [0.4, 0.5) is 14.5 Å². The number of ether oxygens (including phenoxy) is 1. The predicted octanol–water partition coefficient (Wildman–Crippen LogP) is 4.04. The Kier molecular flexibility index (Phi) is 7.37. The molecular formula is C25H30F2N4O4. The van der Waals surface area contributed by atoms with Gasteiger partial charge in [-0.3, -0.25) is 9.59 Å². The maximum Gasteiger partial charge on any atom is 0.312 e. The van der Waals surface area contributed by atoms with Gasteiger partial charge in [0, 0.05) is 24.5 Å². The average molecular weight is 489 g/mol. The number of carbonyl (C=O) groups excluding carboxylic acids is 1. The van der Waals surface area contributed by atoms with Crippen LogP contribution in [-0.2, 0) is 14.3 Å². The molecule has 188 valence electrons. The van der Waals surface area contributed by atoms with Crippen LogP contribution in [0.5, 0.6) is 0 Å². The van der Waals surface area contributed by atoms with Gasteiger partial charge in [0.2, 0.25) is 0 Å². The van der Waals surface area contributed by atoms with Crippen molar-refractivity contribution in [3.8, 4) is 0 Å². The maximum absolute atomic E-state index is 13.4. The number of nitrogens with zero attached hydrogens (tertiary/aromatic N) is 2. The van der Waals surface area contributed by atoms with E-state index in [2.05, 4.69) is 21.8 Å². The van der Waals surface area contributed by atoms with Crippen molar-refractivity contribution in [1.29, 1.82) is 0 Å². The van der Waals surface area contributed by atoms with Gasteiger partial charge >= 0.3 is 17.8 Å². The van der Waals surface area contributed by atoms with E-state index in [0.717, 1.165) is 44.2 Å². The third-order valence-corrected chi connectivity index (χ3v) is 7.12. The Morgan fingerprint density at radius 3 is 2.57 bits per heavy atom. The number of anilines is 1. The average Bonchev–Trinajstić information content (AvgIpc) is 3.21. The Labute approximate surface area is 202 Å². The van der Waals surface area contributed by atoms with Crippen LogP contribution in [-0.4, -0.2) is 41.3 Å². The van der Waals surface area contributed by atoms with Crippen LogP contribution in [0.1, 0.15) is 39.0 Å². The Bertz CT molecular complexity index is 1070. The van der Waals surface area contributed by atoms with Crippen molar-refractivity contribution < 1.29 is 28.2 Å². The van der Waals surface area contributed by atoms with Crippen molar-refractivity contribution in [2.24, 2.45) is 28.8 Å². The number of rotatable bonds is 7. The number of carboxylic acids is 1. The first-order valence-electron chi connectivity index (χ1n) is 11.8. The number of amides is 1. The largest absolute Gasteiger partial charge is 0.481 e. The molecule has 0 bridgehead atoms. The fourth-order valence-electron chi connectivity index (χ4n) is 4.89. The molecule has 1 aromatic rings. The first-order valence-corrected chi connectivity index (χ1v) is 11.8. The van der Waals surface area contributed by atoms with Gasteiger partial charge in [0.1, 0.15) is 0 Å². The molecule has 0 spiro atoms. The molecule has 0 aromatic heterocycles. The molecular weight excluding hydrogens is 458 g/mol. The van der Waals surface area contributed by atoms with Crippen molar-refractivity contribution in [2.45, 2.75) is 45.4 Å². The van der Waals surface area contributed by atoms with Gasteiger partial charge < -0.3 is 20.5 Å². The van der Waals surface area contributed by atoms with Gasteiger partial charge in [-0.1, -0.05) is 19.1 Å². The van der Waals surface area contributed by atoms with Crippen LogP contribution in [0.2, 0.25) is 0 Å². The Balaban J connectivity index is 1.25. The summed E-state index contributed by atoms with van der Waals surface area (Å²) in [7, 11) is 1.59. The lowest BCUT2D eigenvalue weighted by Crippen LogP contribution is -2.36. The molecule has 1 amide bonds. The number of carbonyl (C=O) groups is 2. The highest BCUT2D eigenvalue weighted by atomic mass is 19.2. The molecule has 1 aromatic carbocycles. The first kappa shape index (κ1) is 24.7. The first-order chi connectivity index (χ1) is 16.7. The summed E-state index contributed by atoms with van der Waals surface area (Å²) in [6.07, 6.45) is 9.80. The molecule has 0 radical (unpaired) electrons. The zero-order valence-corrected chi connectivity index (χ0v) is 19.7. The number of hydrogen-bond acceptors (Lipinski definition) is 6. The van der Waals surface area contributed by atoms with Crippen LogP contribution >= 0.6 is 0 Å². The van der Waals surface area contributed by atoms with Gasteiger partial charge in [-0.15, -0.1) is 5.10 Å². The molecule has 1 fully saturated rings. The van der Waals surface area contributed by atoms with Crippen molar-refractivity contribution in [2.75, 3.05) is 12.4 Å². The second-order valence-electron chi connectivity index (χ2n) is 9.40. The zero-order chi connectivity index (χ0) is 25.1. The molecule has 4 rings (SSSR count). The minimum atomic E-state index is -0.994. The lowest BCUT2D eigenvalue weighted by atomic mass is 9.71. The molecule has 3 atom stereocenters. The number of benzene rings is 1. The van der Waals surface area contributed by atoms with E-state index in [-0.39, 0.29) is 23.4 Å². The van der Waals surface area contributed by atoms with Crippen LogP contribution in [0, 0.1) is 35.3 Å². The van der Waals surface area contributed by atoms with E-state index in [4.69, 9.17) is 4.74 Å². The molecule has 1 heterocycles. The number of hydrogen-bond donors (Lipinski definition) is 3. The Morgan fingerprint density at radius 2 is 1.94 bits per heavy atom. The molecule has 3 aliphatic rings. The minimum Gasteiger partial charge on any atom is -0.481 e. The topological polar surface area (TPSA) is 103 Å². The number of halogens is 2. The van der Waals surface area contributed by atoms with E-state index < -0.39 is 29.9 Å². The van der Waals surface area contributed by atoms with Crippen molar-refractivity contribution in [3.05, 3.63) is 53.8 Å². The Morgan fingerprint density at radius 1 is 1.20 bits per heavy atom. The smallest absolute Gasteiger partial charge is 0.312 e. The van der Waals surface area contributed by atoms with Crippen LogP contribution < -0.4 is 10.6 Å². The second kappa shape index (κ2) is 10.5. The predicted molar refractivity (Wildman–Crippen MR) is 126 cm³/mol. The Hall–Kier alpha value is -3.43. The fraction of sp³-hybridized carbons (Fsp3) is 0.480. The standard InChI is InChI=1S/C25H30F2N4O4/c1-14(24(33)34)15-3-5-16(6-4-15)17-7-9-18(10-8-17)28-22(32)23-30-31(2)25(35-23)29-19-11-12-20(26)21(27)13-19/h7,9-17,25,29H,3-6,8H2,1-2H3,(H,28,32)(H,33,34). The third-order valence-electron chi connectivity index (χ3n) is 7.12. The van der Waals surface area contributed by atoms with E-state index in [1.165, 1.54) is 11.1 Å². The van der Waals surface area contributed by atoms with E-state index >= 15 is 0 Å². The quantitative estimate of drug-likeness (QED) is 0.535. The van der Waals surface area contributed by atoms with Gasteiger partial charge in [-0.2, -0.15) is 0 Å². The summed E-state index contributed by atoms with van der Waals surface area (Å²) in [5.74, 6) is -2.50. The molecule has 3 N–H and O–H groups in total. The lowest BCUT2D eigenvalue weighted by Gasteiger charge is -2.34. The molecule has 1 saturated carbocycles. The number of allylic oxidation sites excluding steroid dienone is 3. The summed E-state index contributed by atoms with van der Waals surface area (Å²) in [6, 6.07) is 3.36. The molecule has 8 nitrogen and oxygen atoms in total. The summed E-state index contributed by atoms with van der Waals surface area (Å²) < 4.78 is 32.1. The van der Waals surface area contributed by atoms with Crippen molar-refractivity contribution in [1.82, 2.24) is 10.3 Å². The fourth-order valence-corrected chi connectivity index (χ4v) is 4.89. The van der Waals surface area contributed by atoms with E-state index in [0.29, 0.717) is 17.5 Å². The summed E-state index contributed by atoms with van der Waals surface area (Å²) in [4.78, 5) is 23.9. The number of carboxylic acid groups (broad SMARTS) is 1. The summed E-state index contributed by atoms with van der Waals surface area (Å²) in [6.45, 7) is 1.79. The summed E-state index contributed by atoms with van der Waals surface area (Å²) in [5, 5.41) is 20.3. The normalized spacial score (nSPS) is 26.9. The van der Waals surface area contributed by atoms with Gasteiger partial charge in [0.25, 0.3) is 6.35 Å². The number of nitrogens with one attached hydrogen (secondary N) is 2. The highest BCUT2D eigenvalue weighted by molar-refractivity contribution is 6.35. The van der Waals surface area contributed by atoms with Gasteiger partial charge in [0.15, 0.2) is 11.6 Å². The second-order valence-corrected chi connectivity index (χ2v) is 9.40. The highest BCUT2D eigenvalue weighted by Gasteiger charge is 2.33. The third kappa shape index (κ3) is 5.80. The monoisotopic (exact) mass is 488 g/mol. The minimum absolute atomic E-state index is 0.144. The van der Waals surface area contributed by atoms with Gasteiger partial charge in [-0.05, 0) is 68.1 Å². The van der Waals surface area contributed by atoms with Crippen LogP contribution in [0.15, 0.2) is 47.2 Å². The molecule has 1 aliphatic heterocycles. The number of hydrazone groups is 1. The van der Waals surface area contributed by atoms with Gasteiger partial charge in [-0.25, -0.2) is 13.8 Å². The van der Waals surface area contributed by atoms with E-state index in [9.17, 15) is 23.5 Å². The summed E-state index contributed by atoms with van der Waals surface area (Å²) >= 11 is 0. The van der Waals surface area contributed by atoms with E-state index in [1.807, 2.05) is 12.2 Å². The van der Waals surface area contributed by atoms with Gasteiger partial charge in [0.05, 0.1) is 5.92 Å². The van der Waals surface area contributed by atoms with Crippen molar-refractivity contribution >= 4 is 23.5 Å². The molecule has 35 heavy (non-hydrogen) atoms. The van der Waals surface area contributed by atoms with Crippen molar-refractivity contribution in [3.63, 3.8) is 0 Å². The molecule has 2 aliphatic carbocycles. The zero-order valence-electron chi connectivity index (χ0n) is 19.7. The molecule has 10 heteroatoms.